The molecule has 108 valence electrons. The molecule has 0 radical (unpaired) electrons. The molecule has 0 aliphatic carbocycles. The van der Waals surface area contributed by atoms with Gasteiger partial charge in [0.15, 0.2) is 5.78 Å². The van der Waals surface area contributed by atoms with Crippen LogP contribution >= 0.6 is 0 Å². The molecule has 5 heteroatoms. The maximum atomic E-state index is 11.9. The van der Waals surface area contributed by atoms with Crippen molar-refractivity contribution in [2.24, 2.45) is 0 Å². The van der Waals surface area contributed by atoms with E-state index >= 15 is 0 Å². The van der Waals surface area contributed by atoms with Gasteiger partial charge in [0.1, 0.15) is 5.69 Å². The quantitative estimate of drug-likeness (QED) is 0.846. The van der Waals surface area contributed by atoms with Crippen LogP contribution in [-0.4, -0.2) is 15.8 Å². The minimum Gasteiger partial charge on any atom is -0.355 e. The lowest BCUT2D eigenvalue weighted by Crippen LogP contribution is -2.13. The number of carbonyl (C=O) groups excluding carboxylic acids is 1. The van der Waals surface area contributed by atoms with Gasteiger partial charge in [0, 0.05) is 34.9 Å². The Balaban J connectivity index is 2.41. The number of hydrogen-bond donors (Lipinski definition) is 2. The highest BCUT2D eigenvalue weighted by Crippen LogP contribution is 2.22. The number of rotatable bonds is 4. The Morgan fingerprint density at radius 3 is 2.81 bits per heavy atom. The Morgan fingerprint density at radius 2 is 2.14 bits per heavy atom. The fourth-order valence-electron chi connectivity index (χ4n) is 2.07. The van der Waals surface area contributed by atoms with Crippen molar-refractivity contribution in [2.45, 2.75) is 20.8 Å². The van der Waals surface area contributed by atoms with Gasteiger partial charge in [0.25, 0.3) is 5.56 Å². The molecular formula is C16H17N3O2. The Hall–Kier alpha value is -2.69. The molecule has 21 heavy (non-hydrogen) atoms. The minimum absolute atomic E-state index is 0.0734. The number of allylic oxidation sites excluding steroid dienone is 2. The van der Waals surface area contributed by atoms with Crippen LogP contribution in [0.1, 0.15) is 19.5 Å². The molecule has 2 rings (SSSR count). The molecule has 0 aliphatic rings. The van der Waals surface area contributed by atoms with Gasteiger partial charge in [-0.05, 0) is 39.0 Å². The molecule has 0 saturated carbocycles. The highest BCUT2D eigenvalue weighted by molar-refractivity contribution is 5.88. The predicted molar refractivity (Wildman–Crippen MR) is 83.1 cm³/mol. The van der Waals surface area contributed by atoms with Crippen LogP contribution in [-0.2, 0) is 4.79 Å². The number of hydrogen-bond acceptors (Lipinski definition) is 4. The smallest absolute Gasteiger partial charge is 0.271 e. The van der Waals surface area contributed by atoms with Crippen molar-refractivity contribution >= 4 is 11.5 Å². The van der Waals surface area contributed by atoms with Crippen LogP contribution in [0.3, 0.4) is 0 Å². The first kappa shape index (κ1) is 14.7. The Bertz CT molecular complexity index is 760. The summed E-state index contributed by atoms with van der Waals surface area (Å²) in [7, 11) is 0. The summed E-state index contributed by atoms with van der Waals surface area (Å²) in [5, 5.41) is 2.95. The third-order valence-corrected chi connectivity index (χ3v) is 2.97. The van der Waals surface area contributed by atoms with Crippen molar-refractivity contribution < 1.29 is 4.79 Å². The second-order valence-electron chi connectivity index (χ2n) is 4.83. The first-order chi connectivity index (χ1) is 9.97. The summed E-state index contributed by atoms with van der Waals surface area (Å²) in [6.45, 7) is 5.11. The molecule has 0 aromatic carbocycles. The standard InChI is InChI=1S/C16H17N3O2/c1-10(7-11(2)20)19-15-8-13(9-18-16(15)21)14-5-4-6-17-12(14)3/h4-9,19H,1-3H3,(H,18,21)/b10-7+. The number of ketones is 1. The summed E-state index contributed by atoms with van der Waals surface area (Å²) >= 11 is 0. The van der Waals surface area contributed by atoms with Gasteiger partial charge in [-0.2, -0.15) is 0 Å². The fourth-order valence-corrected chi connectivity index (χ4v) is 2.07. The summed E-state index contributed by atoms with van der Waals surface area (Å²) in [6, 6.07) is 5.54. The van der Waals surface area contributed by atoms with Crippen molar-refractivity contribution in [3.05, 3.63) is 58.4 Å². The van der Waals surface area contributed by atoms with E-state index < -0.39 is 0 Å². The Kier molecular flexibility index (Phi) is 4.33. The first-order valence-corrected chi connectivity index (χ1v) is 6.58. The van der Waals surface area contributed by atoms with Gasteiger partial charge in [0.05, 0.1) is 0 Å². The number of H-pyrrole nitrogens is 1. The molecule has 0 spiro atoms. The lowest BCUT2D eigenvalue weighted by atomic mass is 10.1. The third kappa shape index (κ3) is 3.66. The lowest BCUT2D eigenvalue weighted by Gasteiger charge is -2.09. The maximum absolute atomic E-state index is 11.9. The number of carbonyl (C=O) groups is 1. The van der Waals surface area contributed by atoms with Gasteiger partial charge in [0.2, 0.25) is 0 Å². The molecule has 0 amide bonds. The van der Waals surface area contributed by atoms with E-state index in [9.17, 15) is 9.59 Å². The number of nitrogens with zero attached hydrogens (tertiary/aromatic N) is 1. The van der Waals surface area contributed by atoms with E-state index in [0.29, 0.717) is 11.4 Å². The van der Waals surface area contributed by atoms with E-state index in [1.165, 1.54) is 13.0 Å². The second kappa shape index (κ2) is 6.17. The third-order valence-electron chi connectivity index (χ3n) is 2.97. The summed E-state index contributed by atoms with van der Waals surface area (Å²) < 4.78 is 0. The van der Waals surface area contributed by atoms with Gasteiger partial charge < -0.3 is 10.3 Å². The molecule has 0 saturated heterocycles. The summed E-state index contributed by atoms with van der Waals surface area (Å²) in [5.41, 5.74) is 3.46. The molecule has 0 atom stereocenters. The largest absolute Gasteiger partial charge is 0.355 e. The number of nitrogens with one attached hydrogen (secondary N) is 2. The van der Waals surface area contributed by atoms with Gasteiger partial charge in [-0.15, -0.1) is 0 Å². The molecule has 5 nitrogen and oxygen atoms in total. The van der Waals surface area contributed by atoms with Crippen molar-refractivity contribution in [2.75, 3.05) is 5.32 Å². The SMILES string of the molecule is CC(=O)/C=C(\C)Nc1cc(-c2cccnc2C)c[nH]c1=O. The number of aromatic nitrogens is 2. The zero-order chi connectivity index (χ0) is 15.4. The molecule has 0 unspecified atom stereocenters. The maximum Gasteiger partial charge on any atom is 0.271 e. The number of aromatic amines is 1. The number of pyridine rings is 2. The Labute approximate surface area is 122 Å². The van der Waals surface area contributed by atoms with Crippen LogP contribution in [0.2, 0.25) is 0 Å². The molecule has 0 fully saturated rings. The van der Waals surface area contributed by atoms with Crippen LogP contribution < -0.4 is 10.9 Å². The van der Waals surface area contributed by atoms with E-state index in [2.05, 4.69) is 15.3 Å². The number of aryl methyl sites for hydroxylation is 1. The monoisotopic (exact) mass is 283 g/mol. The summed E-state index contributed by atoms with van der Waals surface area (Å²) in [6.07, 6.45) is 4.83. The van der Waals surface area contributed by atoms with Crippen LogP contribution in [0.5, 0.6) is 0 Å². The minimum atomic E-state index is -0.239. The predicted octanol–water partition coefficient (Wildman–Crippen LogP) is 2.65. The van der Waals surface area contributed by atoms with E-state index in [0.717, 1.165) is 16.8 Å². The van der Waals surface area contributed by atoms with Crippen LogP contribution in [0.15, 0.2) is 47.2 Å². The molecule has 2 aromatic rings. The van der Waals surface area contributed by atoms with E-state index in [4.69, 9.17) is 0 Å². The van der Waals surface area contributed by atoms with Crippen molar-refractivity contribution in [3.63, 3.8) is 0 Å². The fraction of sp³-hybridized carbons (Fsp3) is 0.188. The topological polar surface area (TPSA) is 74.8 Å². The van der Waals surface area contributed by atoms with Gasteiger partial charge in [-0.25, -0.2) is 0 Å². The first-order valence-electron chi connectivity index (χ1n) is 6.58. The Morgan fingerprint density at radius 1 is 1.38 bits per heavy atom. The molecule has 2 aromatic heterocycles. The van der Waals surface area contributed by atoms with Crippen LogP contribution in [0.4, 0.5) is 5.69 Å². The van der Waals surface area contributed by atoms with Gasteiger partial charge in [-0.1, -0.05) is 6.07 Å². The summed E-state index contributed by atoms with van der Waals surface area (Å²) in [5.74, 6) is -0.0734. The van der Waals surface area contributed by atoms with Crippen molar-refractivity contribution in [1.82, 2.24) is 9.97 Å². The molecule has 2 N–H and O–H groups in total. The lowest BCUT2D eigenvalue weighted by molar-refractivity contribution is -0.112. The van der Waals surface area contributed by atoms with E-state index in [1.54, 1.807) is 25.4 Å². The van der Waals surface area contributed by atoms with Crippen LogP contribution in [0.25, 0.3) is 11.1 Å². The van der Waals surface area contributed by atoms with Crippen LogP contribution in [0, 0.1) is 6.92 Å². The summed E-state index contributed by atoms with van der Waals surface area (Å²) in [4.78, 5) is 29.8. The van der Waals surface area contributed by atoms with Gasteiger partial charge in [-0.3, -0.25) is 14.6 Å². The second-order valence-corrected chi connectivity index (χ2v) is 4.83. The zero-order valence-electron chi connectivity index (χ0n) is 12.2. The van der Waals surface area contributed by atoms with Crippen molar-refractivity contribution in [1.29, 1.82) is 0 Å². The number of anilines is 1. The average Bonchev–Trinajstić information content (AvgIpc) is 2.41. The van der Waals surface area contributed by atoms with Crippen molar-refractivity contribution in [3.8, 4) is 11.1 Å². The zero-order valence-corrected chi connectivity index (χ0v) is 12.2. The molecular weight excluding hydrogens is 266 g/mol. The van der Waals surface area contributed by atoms with E-state index in [1.807, 2.05) is 19.1 Å². The highest BCUT2D eigenvalue weighted by atomic mass is 16.1. The molecule has 0 bridgehead atoms. The average molecular weight is 283 g/mol. The normalized spacial score (nSPS) is 11.3. The van der Waals surface area contributed by atoms with Gasteiger partial charge >= 0.3 is 0 Å². The highest BCUT2D eigenvalue weighted by Gasteiger charge is 2.06. The molecule has 0 aliphatic heterocycles. The molecule has 2 heterocycles. The van der Waals surface area contributed by atoms with E-state index in [-0.39, 0.29) is 11.3 Å².